The highest BCUT2D eigenvalue weighted by molar-refractivity contribution is 9.10. The molecule has 1 unspecified atom stereocenters. The molecule has 0 spiro atoms. The van der Waals surface area contributed by atoms with Gasteiger partial charge in [0.1, 0.15) is 12.6 Å². The summed E-state index contributed by atoms with van der Waals surface area (Å²) in [5.74, 6) is -0.437. The maximum absolute atomic E-state index is 11.3. The first-order valence-electron chi connectivity index (χ1n) is 6.10. The van der Waals surface area contributed by atoms with Gasteiger partial charge in [-0.2, -0.15) is 0 Å². The van der Waals surface area contributed by atoms with Gasteiger partial charge in [-0.25, -0.2) is 0 Å². The number of carbonyl (C=O) groups is 1. The minimum atomic E-state index is -0.658. The molecule has 1 amide bonds. The van der Waals surface area contributed by atoms with Crippen LogP contribution < -0.4 is 15.8 Å². The van der Waals surface area contributed by atoms with Crippen molar-refractivity contribution in [1.82, 2.24) is 5.32 Å². The quantitative estimate of drug-likeness (QED) is 0.573. The molecule has 0 aliphatic heterocycles. The Bertz CT molecular complexity index is 533. The molecule has 2 rings (SSSR count). The third-order valence-corrected chi connectivity index (χ3v) is 3.52. The molecule has 0 heterocycles. The average molecular weight is 344 g/mol. The molecule has 1 atom stereocenters. The van der Waals surface area contributed by atoms with Gasteiger partial charge in [0.15, 0.2) is 0 Å². The Hall–Kier alpha value is -1.67. The van der Waals surface area contributed by atoms with Crippen molar-refractivity contribution in [3.63, 3.8) is 0 Å². The molecule has 8 heteroatoms. The average Bonchev–Trinajstić information content (AvgIpc) is 3.18. The zero-order chi connectivity index (χ0) is 14.7. The van der Waals surface area contributed by atoms with Gasteiger partial charge >= 0.3 is 5.69 Å². The van der Waals surface area contributed by atoms with E-state index in [1.807, 2.05) is 0 Å². The number of hydrogen-bond acceptors (Lipinski definition) is 5. The molecular weight excluding hydrogens is 330 g/mol. The van der Waals surface area contributed by atoms with Gasteiger partial charge in [-0.15, -0.1) is 0 Å². The van der Waals surface area contributed by atoms with Crippen LogP contribution >= 0.6 is 15.9 Å². The second-order valence-electron chi connectivity index (χ2n) is 4.55. The van der Waals surface area contributed by atoms with Crippen molar-refractivity contribution in [2.24, 2.45) is 5.73 Å². The molecule has 1 saturated carbocycles. The fraction of sp³-hybridized carbons (Fsp3) is 0.417. The van der Waals surface area contributed by atoms with E-state index in [-0.39, 0.29) is 24.1 Å². The Morgan fingerprint density at radius 1 is 1.60 bits per heavy atom. The summed E-state index contributed by atoms with van der Waals surface area (Å²) >= 11 is 3.20. The maximum Gasteiger partial charge on any atom is 0.312 e. The number of para-hydroxylation sites is 1. The van der Waals surface area contributed by atoms with E-state index in [9.17, 15) is 14.9 Å². The summed E-state index contributed by atoms with van der Waals surface area (Å²) < 4.78 is 5.89. The van der Waals surface area contributed by atoms with E-state index >= 15 is 0 Å². The van der Waals surface area contributed by atoms with E-state index in [2.05, 4.69) is 21.2 Å². The van der Waals surface area contributed by atoms with E-state index in [4.69, 9.17) is 10.5 Å². The van der Waals surface area contributed by atoms with Crippen LogP contribution in [0.25, 0.3) is 0 Å². The third-order valence-electron chi connectivity index (χ3n) is 2.89. The normalized spacial score (nSPS) is 15.7. The number of halogens is 1. The van der Waals surface area contributed by atoms with Crippen LogP contribution in [0.4, 0.5) is 5.69 Å². The third kappa shape index (κ3) is 3.67. The van der Waals surface area contributed by atoms with Crippen LogP contribution in [0.5, 0.6) is 5.75 Å². The number of primary amides is 1. The fourth-order valence-corrected chi connectivity index (χ4v) is 2.17. The number of amides is 1. The number of benzene rings is 1. The SMILES string of the molecule is NC(=O)C(COc1c(Br)cccc1[N+](=O)[O-])NC1CC1. The van der Waals surface area contributed by atoms with Crippen LogP contribution in [0.3, 0.4) is 0 Å². The predicted octanol–water partition coefficient (Wildman–Crippen LogP) is 1.34. The van der Waals surface area contributed by atoms with Gasteiger partial charge in [-0.1, -0.05) is 6.07 Å². The van der Waals surface area contributed by atoms with Gasteiger partial charge < -0.3 is 15.8 Å². The molecule has 108 valence electrons. The molecule has 20 heavy (non-hydrogen) atoms. The van der Waals surface area contributed by atoms with Crippen molar-refractivity contribution in [2.45, 2.75) is 24.9 Å². The largest absolute Gasteiger partial charge is 0.484 e. The smallest absolute Gasteiger partial charge is 0.312 e. The summed E-state index contributed by atoms with van der Waals surface area (Å²) in [6, 6.07) is 4.15. The van der Waals surface area contributed by atoms with Gasteiger partial charge in [0, 0.05) is 12.1 Å². The molecule has 1 aliphatic rings. The summed E-state index contributed by atoms with van der Waals surface area (Å²) in [4.78, 5) is 21.7. The molecule has 1 aliphatic carbocycles. The van der Waals surface area contributed by atoms with E-state index in [0.29, 0.717) is 4.47 Å². The van der Waals surface area contributed by atoms with Gasteiger partial charge in [0.25, 0.3) is 0 Å². The van der Waals surface area contributed by atoms with Gasteiger partial charge in [-0.3, -0.25) is 14.9 Å². The van der Waals surface area contributed by atoms with E-state index < -0.39 is 16.9 Å². The number of hydrogen-bond donors (Lipinski definition) is 2. The van der Waals surface area contributed by atoms with Gasteiger partial charge in [-0.05, 0) is 34.8 Å². The standard InChI is InChI=1S/C12H14BrN3O4/c13-8-2-1-3-10(16(18)19)11(8)20-6-9(12(14)17)15-7-4-5-7/h1-3,7,9,15H,4-6H2,(H2,14,17). The number of rotatable bonds is 7. The van der Waals surface area contributed by atoms with Crippen molar-refractivity contribution in [2.75, 3.05) is 6.61 Å². The van der Waals surface area contributed by atoms with Crippen molar-refractivity contribution in [1.29, 1.82) is 0 Å². The summed E-state index contributed by atoms with van der Waals surface area (Å²) in [6.07, 6.45) is 2.00. The minimum Gasteiger partial charge on any atom is -0.484 e. The van der Waals surface area contributed by atoms with Crippen LogP contribution in [0.1, 0.15) is 12.8 Å². The highest BCUT2D eigenvalue weighted by Crippen LogP contribution is 2.34. The minimum absolute atomic E-state index is 0.0463. The van der Waals surface area contributed by atoms with Crippen molar-refractivity contribution < 1.29 is 14.5 Å². The Labute approximate surface area is 123 Å². The Balaban J connectivity index is 2.08. The first kappa shape index (κ1) is 14.7. The first-order chi connectivity index (χ1) is 9.49. The Morgan fingerprint density at radius 2 is 2.30 bits per heavy atom. The monoisotopic (exact) mass is 343 g/mol. The molecule has 1 aromatic rings. The zero-order valence-corrected chi connectivity index (χ0v) is 12.1. The number of nitrogens with zero attached hydrogens (tertiary/aromatic N) is 1. The predicted molar refractivity (Wildman–Crippen MR) is 75.4 cm³/mol. The number of nitrogens with two attached hydrogens (primary N) is 1. The number of nitrogens with one attached hydrogen (secondary N) is 1. The summed E-state index contributed by atoms with van der Waals surface area (Å²) in [7, 11) is 0. The zero-order valence-electron chi connectivity index (χ0n) is 10.5. The number of nitro benzene ring substituents is 1. The topological polar surface area (TPSA) is 107 Å². The molecule has 3 N–H and O–H groups in total. The lowest BCUT2D eigenvalue weighted by Gasteiger charge is -2.16. The molecule has 0 bridgehead atoms. The molecule has 0 radical (unpaired) electrons. The number of nitro groups is 1. The molecule has 1 fully saturated rings. The Kier molecular flexibility index (Phi) is 4.56. The van der Waals surface area contributed by atoms with Crippen molar-refractivity contribution in [3.8, 4) is 5.75 Å². The van der Waals surface area contributed by atoms with E-state index in [0.717, 1.165) is 12.8 Å². The van der Waals surface area contributed by atoms with Crippen LogP contribution in [-0.4, -0.2) is 29.5 Å². The van der Waals surface area contributed by atoms with Crippen LogP contribution in [0.15, 0.2) is 22.7 Å². The number of carbonyl (C=O) groups excluding carboxylic acids is 1. The summed E-state index contributed by atoms with van der Waals surface area (Å²) in [6.45, 7) is -0.0463. The second-order valence-corrected chi connectivity index (χ2v) is 5.41. The molecule has 7 nitrogen and oxygen atoms in total. The highest BCUT2D eigenvalue weighted by atomic mass is 79.9. The van der Waals surface area contributed by atoms with Gasteiger partial charge in [0.2, 0.25) is 11.7 Å². The molecule has 0 saturated heterocycles. The lowest BCUT2D eigenvalue weighted by Crippen LogP contribution is -2.46. The second kappa shape index (κ2) is 6.19. The lowest BCUT2D eigenvalue weighted by atomic mass is 10.2. The fourth-order valence-electron chi connectivity index (χ4n) is 1.70. The van der Waals surface area contributed by atoms with E-state index in [1.54, 1.807) is 12.1 Å². The lowest BCUT2D eigenvalue weighted by molar-refractivity contribution is -0.386. The Morgan fingerprint density at radius 3 is 2.85 bits per heavy atom. The van der Waals surface area contributed by atoms with Gasteiger partial charge in [0.05, 0.1) is 9.40 Å². The highest BCUT2D eigenvalue weighted by Gasteiger charge is 2.28. The molecular formula is C12H14BrN3O4. The summed E-state index contributed by atoms with van der Waals surface area (Å²) in [5.41, 5.74) is 5.13. The van der Waals surface area contributed by atoms with Crippen LogP contribution in [0, 0.1) is 10.1 Å². The summed E-state index contributed by atoms with van der Waals surface area (Å²) in [5, 5.41) is 14.0. The van der Waals surface area contributed by atoms with Crippen molar-refractivity contribution >= 4 is 27.5 Å². The molecule has 1 aromatic carbocycles. The van der Waals surface area contributed by atoms with Crippen molar-refractivity contribution in [3.05, 3.63) is 32.8 Å². The molecule has 0 aromatic heterocycles. The van der Waals surface area contributed by atoms with Crippen LogP contribution in [0.2, 0.25) is 0 Å². The van der Waals surface area contributed by atoms with Crippen LogP contribution in [-0.2, 0) is 4.79 Å². The van der Waals surface area contributed by atoms with E-state index in [1.165, 1.54) is 6.07 Å². The number of ether oxygens (including phenoxy) is 1. The maximum atomic E-state index is 11.3. The first-order valence-corrected chi connectivity index (χ1v) is 6.89.